The van der Waals surface area contributed by atoms with Gasteiger partial charge < -0.3 is 9.63 Å². The molecule has 1 heterocycles. The van der Waals surface area contributed by atoms with Crippen LogP contribution in [-0.2, 0) is 15.8 Å². The summed E-state index contributed by atoms with van der Waals surface area (Å²) >= 11 is 0. The minimum atomic E-state index is -3.54. The lowest BCUT2D eigenvalue weighted by molar-refractivity contribution is 0.392. The standard InChI is InChI=1S/C12H14N2O4S/c1-9-7-10(13-18-9)8-19(16,17)14(2)11-3-5-12(15)6-4-11/h3-7,15H,8H2,1-2H3. The summed E-state index contributed by atoms with van der Waals surface area (Å²) in [5.74, 6) is 0.418. The molecule has 0 saturated heterocycles. The fourth-order valence-electron chi connectivity index (χ4n) is 1.59. The first-order valence-corrected chi connectivity index (χ1v) is 7.17. The van der Waals surface area contributed by atoms with E-state index in [-0.39, 0.29) is 11.5 Å². The number of nitrogens with zero attached hydrogens (tertiary/aromatic N) is 2. The molecule has 0 atom stereocenters. The van der Waals surface area contributed by atoms with Crippen molar-refractivity contribution in [3.8, 4) is 5.75 Å². The van der Waals surface area contributed by atoms with Crippen LogP contribution in [0.1, 0.15) is 11.5 Å². The molecule has 2 aromatic rings. The van der Waals surface area contributed by atoms with Gasteiger partial charge in [0.25, 0.3) is 0 Å². The van der Waals surface area contributed by atoms with Crippen LogP contribution in [0.4, 0.5) is 5.69 Å². The van der Waals surface area contributed by atoms with Crippen LogP contribution in [0.15, 0.2) is 34.9 Å². The van der Waals surface area contributed by atoms with Gasteiger partial charge in [0.05, 0.1) is 5.69 Å². The summed E-state index contributed by atoms with van der Waals surface area (Å²) in [4.78, 5) is 0. The summed E-state index contributed by atoms with van der Waals surface area (Å²) in [6, 6.07) is 7.51. The zero-order valence-electron chi connectivity index (χ0n) is 10.6. The van der Waals surface area contributed by atoms with Crippen molar-refractivity contribution in [3.63, 3.8) is 0 Å². The number of aromatic hydroxyl groups is 1. The van der Waals surface area contributed by atoms with Crippen molar-refractivity contribution in [3.05, 3.63) is 41.8 Å². The second-order valence-electron chi connectivity index (χ2n) is 4.17. The number of phenolic OH excluding ortho intramolecular Hbond substituents is 1. The number of rotatable bonds is 4. The number of hydrogen-bond donors (Lipinski definition) is 1. The third-order valence-electron chi connectivity index (χ3n) is 2.64. The highest BCUT2D eigenvalue weighted by Gasteiger charge is 2.21. The van der Waals surface area contributed by atoms with Crippen LogP contribution in [0.5, 0.6) is 5.75 Å². The lowest BCUT2D eigenvalue weighted by Crippen LogP contribution is -2.27. The molecule has 102 valence electrons. The molecule has 1 N–H and O–H groups in total. The van der Waals surface area contributed by atoms with Gasteiger partial charge >= 0.3 is 0 Å². The zero-order chi connectivity index (χ0) is 14.0. The van der Waals surface area contributed by atoms with Gasteiger partial charge in [-0.3, -0.25) is 4.31 Å². The minimum absolute atomic E-state index is 0.0849. The molecule has 7 heteroatoms. The Morgan fingerprint density at radius 3 is 2.47 bits per heavy atom. The van der Waals surface area contributed by atoms with Crippen LogP contribution < -0.4 is 4.31 Å². The van der Waals surface area contributed by atoms with E-state index in [1.54, 1.807) is 13.0 Å². The third kappa shape index (κ3) is 3.05. The van der Waals surface area contributed by atoms with E-state index in [1.165, 1.54) is 31.3 Å². The number of hydrogen-bond acceptors (Lipinski definition) is 5. The molecule has 0 radical (unpaired) electrons. The van der Waals surface area contributed by atoms with Crippen molar-refractivity contribution in [1.82, 2.24) is 5.16 Å². The van der Waals surface area contributed by atoms with Crippen molar-refractivity contribution in [2.45, 2.75) is 12.7 Å². The van der Waals surface area contributed by atoms with Crippen LogP contribution in [0, 0.1) is 6.92 Å². The third-order valence-corrected chi connectivity index (χ3v) is 4.34. The number of aromatic nitrogens is 1. The maximum absolute atomic E-state index is 12.2. The molecule has 1 aromatic carbocycles. The van der Waals surface area contributed by atoms with E-state index in [0.717, 1.165) is 4.31 Å². The minimum Gasteiger partial charge on any atom is -0.508 e. The highest BCUT2D eigenvalue weighted by molar-refractivity contribution is 7.92. The Balaban J connectivity index is 2.21. The van der Waals surface area contributed by atoms with Gasteiger partial charge in [-0.25, -0.2) is 8.42 Å². The smallest absolute Gasteiger partial charge is 0.240 e. The number of sulfonamides is 1. The lowest BCUT2D eigenvalue weighted by Gasteiger charge is -2.18. The van der Waals surface area contributed by atoms with Gasteiger partial charge in [0.1, 0.15) is 23.0 Å². The summed E-state index contributed by atoms with van der Waals surface area (Å²) in [5, 5.41) is 12.9. The highest BCUT2D eigenvalue weighted by Crippen LogP contribution is 2.21. The molecule has 6 nitrogen and oxygen atoms in total. The van der Waals surface area contributed by atoms with E-state index in [2.05, 4.69) is 5.16 Å². The van der Waals surface area contributed by atoms with Gasteiger partial charge in [0, 0.05) is 13.1 Å². The quantitative estimate of drug-likeness (QED) is 0.922. The number of phenols is 1. The molecule has 0 aliphatic carbocycles. The molecular formula is C12H14N2O4S. The first-order chi connectivity index (χ1) is 8.88. The molecule has 0 spiro atoms. The molecule has 0 aliphatic heterocycles. The van der Waals surface area contributed by atoms with Crippen LogP contribution in [0.25, 0.3) is 0 Å². The summed E-state index contributed by atoms with van der Waals surface area (Å²) in [5.41, 5.74) is 0.834. The molecular weight excluding hydrogens is 268 g/mol. The van der Waals surface area contributed by atoms with E-state index in [4.69, 9.17) is 4.52 Å². The molecule has 1 aromatic heterocycles. The van der Waals surface area contributed by atoms with Gasteiger partial charge in [0.15, 0.2) is 0 Å². The Kier molecular flexibility index (Phi) is 3.48. The fourth-order valence-corrected chi connectivity index (χ4v) is 2.74. The average Bonchev–Trinajstić information content (AvgIpc) is 2.74. The summed E-state index contributed by atoms with van der Waals surface area (Å²) in [6.07, 6.45) is 0. The first kappa shape index (κ1) is 13.4. The topological polar surface area (TPSA) is 83.6 Å². The molecule has 0 unspecified atom stereocenters. The lowest BCUT2D eigenvalue weighted by atomic mass is 10.3. The predicted molar refractivity (Wildman–Crippen MR) is 70.4 cm³/mol. The maximum atomic E-state index is 12.2. The largest absolute Gasteiger partial charge is 0.508 e. The Morgan fingerprint density at radius 1 is 1.32 bits per heavy atom. The monoisotopic (exact) mass is 282 g/mol. The molecule has 0 aliphatic rings. The maximum Gasteiger partial charge on any atom is 0.240 e. The summed E-state index contributed by atoms with van der Waals surface area (Å²) in [6.45, 7) is 1.70. The molecule has 0 fully saturated rings. The van der Waals surface area contributed by atoms with Gasteiger partial charge in [0.2, 0.25) is 10.0 Å². The van der Waals surface area contributed by atoms with Crippen LogP contribution in [0.2, 0.25) is 0 Å². The Morgan fingerprint density at radius 2 is 1.95 bits per heavy atom. The Labute approximate surface area is 111 Å². The summed E-state index contributed by atoms with van der Waals surface area (Å²) in [7, 11) is -2.08. The van der Waals surface area contributed by atoms with Gasteiger partial charge in [-0.1, -0.05) is 5.16 Å². The molecule has 19 heavy (non-hydrogen) atoms. The van der Waals surface area contributed by atoms with Crippen molar-refractivity contribution in [2.24, 2.45) is 0 Å². The molecule has 0 saturated carbocycles. The van der Waals surface area contributed by atoms with E-state index >= 15 is 0 Å². The van der Waals surface area contributed by atoms with E-state index < -0.39 is 10.0 Å². The molecule has 0 bridgehead atoms. The molecule has 2 rings (SSSR count). The van der Waals surface area contributed by atoms with E-state index in [0.29, 0.717) is 17.1 Å². The normalized spacial score (nSPS) is 11.5. The van der Waals surface area contributed by atoms with Crippen molar-refractivity contribution >= 4 is 15.7 Å². The zero-order valence-corrected chi connectivity index (χ0v) is 11.4. The van der Waals surface area contributed by atoms with Crippen molar-refractivity contribution in [1.29, 1.82) is 0 Å². The number of benzene rings is 1. The van der Waals surface area contributed by atoms with Gasteiger partial charge in [-0.15, -0.1) is 0 Å². The van der Waals surface area contributed by atoms with Gasteiger partial charge in [-0.05, 0) is 31.2 Å². The van der Waals surface area contributed by atoms with Gasteiger partial charge in [-0.2, -0.15) is 0 Å². The van der Waals surface area contributed by atoms with Crippen molar-refractivity contribution < 1.29 is 18.0 Å². The van der Waals surface area contributed by atoms with Crippen LogP contribution >= 0.6 is 0 Å². The highest BCUT2D eigenvalue weighted by atomic mass is 32.2. The van der Waals surface area contributed by atoms with Crippen LogP contribution in [-0.4, -0.2) is 25.7 Å². The Bertz CT molecular complexity index is 661. The van der Waals surface area contributed by atoms with E-state index in [9.17, 15) is 13.5 Å². The molecule has 0 amide bonds. The number of aryl methyl sites for hydroxylation is 1. The predicted octanol–water partition coefficient (Wildman–Crippen LogP) is 1.65. The fraction of sp³-hybridized carbons (Fsp3) is 0.250. The Hall–Kier alpha value is -2.02. The first-order valence-electron chi connectivity index (χ1n) is 5.56. The second kappa shape index (κ2) is 4.93. The van der Waals surface area contributed by atoms with Crippen LogP contribution in [0.3, 0.4) is 0 Å². The SMILES string of the molecule is Cc1cc(CS(=O)(=O)N(C)c2ccc(O)cc2)no1. The second-order valence-corrected chi connectivity index (χ2v) is 6.17. The van der Waals surface area contributed by atoms with Crippen molar-refractivity contribution in [2.75, 3.05) is 11.4 Å². The summed E-state index contributed by atoms with van der Waals surface area (Å²) < 4.78 is 30.3. The number of anilines is 1. The van der Waals surface area contributed by atoms with E-state index in [1.807, 2.05) is 0 Å². The average molecular weight is 282 g/mol.